The van der Waals surface area contributed by atoms with E-state index in [1.165, 1.54) is 13.0 Å². The Morgan fingerprint density at radius 2 is 1.96 bits per heavy atom. The van der Waals surface area contributed by atoms with Gasteiger partial charge in [-0.1, -0.05) is 19.8 Å². The number of rotatable bonds is 7. The Kier molecular flexibility index (Phi) is 7.11. The molecule has 2 atom stereocenters. The minimum absolute atomic E-state index is 0.000409. The number of hydrogen-bond acceptors (Lipinski definition) is 7. The summed E-state index contributed by atoms with van der Waals surface area (Å²) >= 11 is 0. The Labute approximate surface area is 163 Å². The highest BCUT2D eigenvalue weighted by atomic mass is 32.2. The van der Waals surface area contributed by atoms with Gasteiger partial charge in [0.05, 0.1) is 11.5 Å². The van der Waals surface area contributed by atoms with E-state index in [9.17, 15) is 28.1 Å². The summed E-state index contributed by atoms with van der Waals surface area (Å²) in [4.78, 5) is 33.9. The lowest BCUT2D eigenvalue weighted by molar-refractivity contribution is -0.387. The average molecular weight is 412 g/mol. The van der Waals surface area contributed by atoms with Gasteiger partial charge >= 0.3 is 5.97 Å². The zero-order valence-corrected chi connectivity index (χ0v) is 16.7. The molecule has 0 heterocycles. The number of nitrogens with one attached hydrogen (secondary N) is 1. The van der Waals surface area contributed by atoms with E-state index in [2.05, 4.69) is 10.1 Å². The van der Waals surface area contributed by atoms with Gasteiger partial charge in [0.1, 0.15) is 4.90 Å². The highest BCUT2D eigenvalue weighted by molar-refractivity contribution is 7.92. The smallest absolute Gasteiger partial charge is 0.321 e. The van der Waals surface area contributed by atoms with Crippen LogP contribution in [0.1, 0.15) is 49.9 Å². The third-order valence-electron chi connectivity index (χ3n) is 4.79. The predicted molar refractivity (Wildman–Crippen MR) is 101 cm³/mol. The fourth-order valence-electron chi connectivity index (χ4n) is 3.28. The first-order chi connectivity index (χ1) is 13.2. The Morgan fingerprint density at radius 1 is 1.29 bits per heavy atom. The number of hydrogen-bond donors (Lipinski definition) is 1. The van der Waals surface area contributed by atoms with Gasteiger partial charge in [-0.25, -0.2) is 8.42 Å². The van der Waals surface area contributed by atoms with Crippen molar-refractivity contribution >= 4 is 27.4 Å². The van der Waals surface area contributed by atoms with Gasteiger partial charge in [-0.05, 0) is 37.8 Å². The van der Waals surface area contributed by atoms with E-state index < -0.39 is 43.0 Å². The maximum absolute atomic E-state index is 12.5. The summed E-state index contributed by atoms with van der Waals surface area (Å²) in [5.41, 5.74) is -0.742. The van der Waals surface area contributed by atoms with Crippen molar-refractivity contribution in [3.8, 4) is 0 Å². The third-order valence-corrected chi connectivity index (χ3v) is 6.43. The second-order valence-electron chi connectivity index (χ2n) is 6.85. The quantitative estimate of drug-likeness (QED) is 0.412. The summed E-state index contributed by atoms with van der Waals surface area (Å²) < 4.78 is 29.4. The number of nitro groups is 1. The van der Waals surface area contributed by atoms with E-state index in [1.807, 2.05) is 6.92 Å². The molecule has 1 aliphatic carbocycles. The number of carbonyl (C=O) groups is 2. The molecular formula is C18H24N2O7S. The number of nitro benzene ring substituents is 1. The summed E-state index contributed by atoms with van der Waals surface area (Å²) in [6, 6.07) is 3.12. The highest BCUT2D eigenvalue weighted by Crippen LogP contribution is 2.27. The topological polar surface area (TPSA) is 133 Å². The number of amides is 1. The SMILES string of the molecule is CCOC(=O)CS(=O)(=O)c1ccc(C(=O)N[C@@H]2CCCC[C@H]2C)cc1[N+](=O)[O-]. The van der Waals surface area contributed by atoms with Gasteiger partial charge in [0, 0.05) is 17.7 Å². The zero-order chi connectivity index (χ0) is 20.9. The lowest BCUT2D eigenvalue weighted by atomic mass is 9.86. The number of benzene rings is 1. The molecule has 10 heteroatoms. The van der Waals surface area contributed by atoms with Crippen molar-refractivity contribution in [1.29, 1.82) is 0 Å². The Balaban J connectivity index is 2.28. The average Bonchev–Trinajstić information content (AvgIpc) is 2.62. The Bertz CT molecular complexity index is 867. The standard InChI is InChI=1S/C18H24N2O7S/c1-3-27-17(21)11-28(25,26)16-9-8-13(10-15(16)20(23)24)18(22)19-14-7-5-4-6-12(14)2/h8-10,12,14H,3-7,11H2,1-2H3,(H,19,22)/t12-,14-/m1/s1. The van der Waals surface area contributed by atoms with E-state index in [0.717, 1.165) is 37.8 Å². The van der Waals surface area contributed by atoms with Crippen molar-refractivity contribution < 1.29 is 27.7 Å². The van der Waals surface area contributed by atoms with Crippen molar-refractivity contribution in [2.45, 2.75) is 50.5 Å². The molecule has 0 aromatic heterocycles. The third kappa shape index (κ3) is 5.28. The molecule has 0 spiro atoms. The van der Waals surface area contributed by atoms with Crippen molar-refractivity contribution in [3.05, 3.63) is 33.9 Å². The van der Waals surface area contributed by atoms with Crippen LogP contribution in [0, 0.1) is 16.0 Å². The molecule has 28 heavy (non-hydrogen) atoms. The molecule has 154 valence electrons. The van der Waals surface area contributed by atoms with E-state index in [0.29, 0.717) is 5.92 Å². The largest absolute Gasteiger partial charge is 0.465 e. The molecule has 2 rings (SSSR count). The summed E-state index contributed by atoms with van der Waals surface area (Å²) in [5.74, 6) is -2.19. The highest BCUT2D eigenvalue weighted by Gasteiger charge is 2.30. The molecule has 1 amide bonds. The van der Waals surface area contributed by atoms with Crippen LogP contribution < -0.4 is 5.32 Å². The molecule has 0 radical (unpaired) electrons. The van der Waals surface area contributed by atoms with Crippen LogP contribution in [0.3, 0.4) is 0 Å². The first-order valence-corrected chi connectivity index (χ1v) is 10.8. The van der Waals surface area contributed by atoms with Crippen LogP contribution in [0.15, 0.2) is 23.1 Å². The molecular weight excluding hydrogens is 388 g/mol. The van der Waals surface area contributed by atoms with Gasteiger partial charge in [0.2, 0.25) is 0 Å². The van der Waals surface area contributed by atoms with Crippen LogP contribution in [0.5, 0.6) is 0 Å². The van der Waals surface area contributed by atoms with Crippen LogP contribution in [-0.2, 0) is 19.4 Å². The first-order valence-electron chi connectivity index (χ1n) is 9.13. The zero-order valence-electron chi connectivity index (χ0n) is 15.8. The molecule has 1 fully saturated rings. The van der Waals surface area contributed by atoms with E-state index in [4.69, 9.17) is 0 Å². The van der Waals surface area contributed by atoms with E-state index in [-0.39, 0.29) is 18.2 Å². The number of ether oxygens (including phenoxy) is 1. The molecule has 1 N–H and O–H groups in total. The molecule has 0 saturated heterocycles. The summed E-state index contributed by atoms with van der Waals surface area (Å²) in [5, 5.41) is 14.3. The van der Waals surface area contributed by atoms with Gasteiger partial charge in [-0.15, -0.1) is 0 Å². The van der Waals surface area contributed by atoms with Crippen LogP contribution in [-0.4, -0.2) is 43.6 Å². The van der Waals surface area contributed by atoms with Crippen molar-refractivity contribution in [2.24, 2.45) is 5.92 Å². The lowest BCUT2D eigenvalue weighted by Gasteiger charge is -2.29. The summed E-state index contributed by atoms with van der Waals surface area (Å²) in [6.45, 7) is 3.56. The van der Waals surface area contributed by atoms with Crippen LogP contribution in [0.4, 0.5) is 5.69 Å². The molecule has 9 nitrogen and oxygen atoms in total. The molecule has 1 aromatic rings. The predicted octanol–water partition coefficient (Wildman–Crippen LogP) is 2.24. The number of nitrogens with zero attached hydrogens (tertiary/aromatic N) is 1. The van der Waals surface area contributed by atoms with Gasteiger partial charge in [-0.2, -0.15) is 0 Å². The lowest BCUT2D eigenvalue weighted by Crippen LogP contribution is -2.41. The molecule has 1 aromatic carbocycles. The summed E-state index contributed by atoms with van der Waals surface area (Å²) in [7, 11) is -4.28. The minimum Gasteiger partial charge on any atom is -0.465 e. The van der Waals surface area contributed by atoms with Crippen molar-refractivity contribution in [3.63, 3.8) is 0 Å². The first kappa shape index (κ1) is 21.8. The van der Waals surface area contributed by atoms with Crippen LogP contribution >= 0.6 is 0 Å². The van der Waals surface area contributed by atoms with Gasteiger partial charge in [0.25, 0.3) is 11.6 Å². The molecule has 1 aliphatic rings. The molecule has 0 unspecified atom stereocenters. The number of esters is 1. The van der Waals surface area contributed by atoms with Crippen molar-refractivity contribution in [1.82, 2.24) is 5.32 Å². The van der Waals surface area contributed by atoms with Gasteiger partial charge in [-0.3, -0.25) is 19.7 Å². The fourth-order valence-corrected chi connectivity index (χ4v) is 4.56. The second kappa shape index (κ2) is 9.13. The van der Waals surface area contributed by atoms with E-state index >= 15 is 0 Å². The van der Waals surface area contributed by atoms with Gasteiger partial charge in [0.15, 0.2) is 15.6 Å². The van der Waals surface area contributed by atoms with Crippen LogP contribution in [0.25, 0.3) is 0 Å². The monoisotopic (exact) mass is 412 g/mol. The maximum Gasteiger partial charge on any atom is 0.321 e. The normalized spacial score (nSPS) is 19.6. The second-order valence-corrected chi connectivity index (χ2v) is 8.80. The minimum atomic E-state index is -4.28. The molecule has 1 saturated carbocycles. The molecule has 0 aliphatic heterocycles. The summed E-state index contributed by atoms with van der Waals surface area (Å²) in [6.07, 6.45) is 3.93. The Morgan fingerprint density at radius 3 is 2.57 bits per heavy atom. The number of carbonyl (C=O) groups excluding carboxylic acids is 2. The van der Waals surface area contributed by atoms with Crippen LogP contribution in [0.2, 0.25) is 0 Å². The maximum atomic E-state index is 12.5. The van der Waals surface area contributed by atoms with Gasteiger partial charge < -0.3 is 10.1 Å². The number of sulfone groups is 1. The molecule has 0 bridgehead atoms. The van der Waals surface area contributed by atoms with Crippen molar-refractivity contribution in [2.75, 3.05) is 12.4 Å². The fraction of sp³-hybridized carbons (Fsp3) is 0.556. The Hall–Kier alpha value is -2.49. The van der Waals surface area contributed by atoms with E-state index in [1.54, 1.807) is 0 Å².